The highest BCUT2D eigenvalue weighted by atomic mass is 127. The van der Waals surface area contributed by atoms with Gasteiger partial charge in [0.25, 0.3) is 0 Å². The second-order valence-electron chi connectivity index (χ2n) is 4.86. The second kappa shape index (κ2) is 10.7. The Morgan fingerprint density at radius 1 is 1.32 bits per heavy atom. The van der Waals surface area contributed by atoms with Crippen molar-refractivity contribution in [3.63, 3.8) is 0 Å². The van der Waals surface area contributed by atoms with Gasteiger partial charge >= 0.3 is 0 Å². The van der Waals surface area contributed by atoms with Crippen LogP contribution in [0.4, 0.5) is 5.69 Å². The number of anilines is 1. The fraction of sp³-hybridized carbons (Fsp3) is 0.467. The first-order valence-electron chi connectivity index (χ1n) is 7.19. The molecule has 0 radical (unpaired) electrons. The lowest BCUT2D eigenvalue weighted by Crippen LogP contribution is -2.43. The number of carbonyl (C=O) groups excluding carboxylic acids is 1. The van der Waals surface area contributed by atoms with Crippen molar-refractivity contribution in [1.29, 1.82) is 0 Å². The van der Waals surface area contributed by atoms with Crippen LogP contribution in [0.2, 0.25) is 0 Å². The number of carbonyl (C=O) groups is 1. The minimum Gasteiger partial charge on any atom is -0.355 e. The first-order chi connectivity index (χ1) is 10.3. The van der Waals surface area contributed by atoms with Crippen LogP contribution in [0.1, 0.15) is 12.8 Å². The van der Waals surface area contributed by atoms with Gasteiger partial charge in [0.05, 0.1) is 6.54 Å². The van der Waals surface area contributed by atoms with Gasteiger partial charge < -0.3 is 16.0 Å². The molecule has 0 aromatic heterocycles. The molecule has 3 N–H and O–H groups in total. The van der Waals surface area contributed by atoms with Crippen LogP contribution >= 0.6 is 35.7 Å². The molecule has 7 heteroatoms. The quantitative estimate of drug-likeness (QED) is 0.378. The maximum atomic E-state index is 11.8. The summed E-state index contributed by atoms with van der Waals surface area (Å²) in [6, 6.07) is 9.43. The third kappa shape index (κ3) is 6.87. The van der Waals surface area contributed by atoms with E-state index in [1.807, 2.05) is 42.1 Å². The van der Waals surface area contributed by atoms with E-state index in [2.05, 4.69) is 20.9 Å². The van der Waals surface area contributed by atoms with E-state index in [1.54, 1.807) is 7.05 Å². The Balaban J connectivity index is 0.00000242. The Morgan fingerprint density at radius 2 is 2.09 bits per heavy atom. The van der Waals surface area contributed by atoms with Crippen molar-refractivity contribution < 1.29 is 4.79 Å². The molecule has 22 heavy (non-hydrogen) atoms. The number of hydrogen-bond donors (Lipinski definition) is 3. The van der Waals surface area contributed by atoms with Crippen molar-refractivity contribution in [3.8, 4) is 0 Å². The summed E-state index contributed by atoms with van der Waals surface area (Å²) in [5.74, 6) is 1.84. The monoisotopic (exact) mass is 434 g/mol. The molecule has 1 aliphatic heterocycles. The summed E-state index contributed by atoms with van der Waals surface area (Å²) in [4.78, 5) is 16.0. The van der Waals surface area contributed by atoms with E-state index in [9.17, 15) is 4.79 Å². The summed E-state index contributed by atoms with van der Waals surface area (Å²) in [5.41, 5.74) is 0.801. The van der Waals surface area contributed by atoms with Gasteiger partial charge in [-0.25, -0.2) is 0 Å². The molecule has 5 nitrogen and oxygen atoms in total. The molecule has 0 saturated carbocycles. The second-order valence-corrected chi connectivity index (χ2v) is 6.26. The molecular weight excluding hydrogens is 411 g/mol. The lowest BCUT2D eigenvalue weighted by Gasteiger charge is -2.14. The van der Waals surface area contributed by atoms with Crippen LogP contribution < -0.4 is 16.0 Å². The number of nitrogens with zero attached hydrogens (tertiary/aromatic N) is 1. The van der Waals surface area contributed by atoms with Gasteiger partial charge in [-0.1, -0.05) is 18.2 Å². The summed E-state index contributed by atoms with van der Waals surface area (Å²) >= 11 is 2.00. The topological polar surface area (TPSA) is 65.5 Å². The maximum Gasteiger partial charge on any atom is 0.243 e. The molecule has 2 rings (SSSR count). The molecule has 1 saturated heterocycles. The first-order valence-corrected chi connectivity index (χ1v) is 8.24. The normalized spacial score (nSPS) is 17.5. The number of benzene rings is 1. The molecule has 1 aromatic carbocycles. The smallest absolute Gasteiger partial charge is 0.243 e. The van der Waals surface area contributed by atoms with Crippen molar-refractivity contribution in [3.05, 3.63) is 30.3 Å². The summed E-state index contributed by atoms with van der Waals surface area (Å²) in [5, 5.41) is 9.78. The van der Waals surface area contributed by atoms with Gasteiger partial charge in [0.2, 0.25) is 5.91 Å². The number of rotatable bonds is 5. The Kier molecular flexibility index (Phi) is 9.30. The van der Waals surface area contributed by atoms with E-state index < -0.39 is 0 Å². The van der Waals surface area contributed by atoms with E-state index in [0.717, 1.165) is 12.2 Å². The number of halogens is 1. The van der Waals surface area contributed by atoms with Crippen molar-refractivity contribution >= 4 is 53.3 Å². The number of nitrogens with one attached hydrogen (secondary N) is 3. The average molecular weight is 434 g/mol. The van der Waals surface area contributed by atoms with Crippen LogP contribution in [0.5, 0.6) is 0 Å². The van der Waals surface area contributed by atoms with Gasteiger partial charge in [0.1, 0.15) is 0 Å². The Labute approximate surface area is 153 Å². The molecule has 1 aromatic rings. The fourth-order valence-corrected chi connectivity index (χ4v) is 3.33. The lowest BCUT2D eigenvalue weighted by molar-refractivity contribution is -0.115. The number of amides is 1. The zero-order valence-corrected chi connectivity index (χ0v) is 15.8. The van der Waals surface area contributed by atoms with Crippen LogP contribution in [0, 0.1) is 0 Å². The zero-order valence-electron chi connectivity index (χ0n) is 12.7. The Morgan fingerprint density at radius 3 is 2.73 bits per heavy atom. The van der Waals surface area contributed by atoms with Crippen LogP contribution in [0.25, 0.3) is 0 Å². The van der Waals surface area contributed by atoms with Crippen LogP contribution in [0.3, 0.4) is 0 Å². The van der Waals surface area contributed by atoms with Crippen molar-refractivity contribution in [2.75, 3.05) is 31.2 Å². The van der Waals surface area contributed by atoms with Crippen LogP contribution in [-0.4, -0.2) is 43.0 Å². The third-order valence-electron chi connectivity index (χ3n) is 3.22. The van der Waals surface area contributed by atoms with Gasteiger partial charge in [-0.2, -0.15) is 11.8 Å². The third-order valence-corrected chi connectivity index (χ3v) is 4.62. The maximum absolute atomic E-state index is 11.8. The fourth-order valence-electron chi connectivity index (χ4n) is 2.13. The molecule has 1 unspecified atom stereocenters. The highest BCUT2D eigenvalue weighted by Crippen LogP contribution is 2.25. The van der Waals surface area contributed by atoms with Crippen LogP contribution in [-0.2, 0) is 4.79 Å². The van der Waals surface area contributed by atoms with Crippen LogP contribution in [0.15, 0.2) is 35.3 Å². The molecular formula is C15H23IN4OS. The highest BCUT2D eigenvalue weighted by Gasteiger charge is 2.15. The molecule has 1 fully saturated rings. The SMILES string of the molecule is CN=C(NCC(=O)Nc1ccccc1)NCC1CCCS1.I. The van der Waals surface area contributed by atoms with Gasteiger partial charge in [0.15, 0.2) is 5.96 Å². The molecule has 1 amide bonds. The minimum atomic E-state index is -0.0839. The predicted octanol–water partition coefficient (Wildman–Crippen LogP) is 2.30. The van der Waals surface area contributed by atoms with E-state index in [-0.39, 0.29) is 36.4 Å². The molecule has 1 aliphatic rings. The largest absolute Gasteiger partial charge is 0.355 e. The molecule has 0 spiro atoms. The summed E-state index contributed by atoms with van der Waals surface area (Å²) in [7, 11) is 1.71. The highest BCUT2D eigenvalue weighted by molar-refractivity contribution is 14.0. The van der Waals surface area contributed by atoms with E-state index in [1.165, 1.54) is 18.6 Å². The Bertz CT molecular complexity index is 478. The molecule has 1 heterocycles. The van der Waals surface area contributed by atoms with Gasteiger partial charge in [0, 0.05) is 24.5 Å². The molecule has 1 atom stereocenters. The zero-order chi connectivity index (χ0) is 14.9. The number of para-hydroxylation sites is 1. The summed E-state index contributed by atoms with van der Waals surface area (Å²) < 4.78 is 0. The van der Waals surface area contributed by atoms with Gasteiger partial charge in [-0.05, 0) is 30.7 Å². The summed E-state index contributed by atoms with van der Waals surface area (Å²) in [6.45, 7) is 1.09. The van der Waals surface area contributed by atoms with E-state index >= 15 is 0 Å². The first kappa shape index (κ1) is 19.1. The number of guanidine groups is 1. The molecule has 0 bridgehead atoms. The summed E-state index contributed by atoms with van der Waals surface area (Å²) in [6.07, 6.45) is 2.55. The lowest BCUT2D eigenvalue weighted by atomic mass is 10.2. The van der Waals surface area contributed by atoms with E-state index in [0.29, 0.717) is 11.2 Å². The molecule has 0 aliphatic carbocycles. The van der Waals surface area contributed by atoms with Gasteiger partial charge in [-0.3, -0.25) is 9.79 Å². The van der Waals surface area contributed by atoms with Crippen molar-refractivity contribution in [2.45, 2.75) is 18.1 Å². The number of aliphatic imine (C=N–C) groups is 1. The molecule has 122 valence electrons. The standard InChI is InChI=1S/C15H22N4OS.HI/c1-16-15(17-10-13-8-5-9-21-13)18-11-14(20)19-12-6-3-2-4-7-12;/h2-4,6-7,13H,5,8-11H2,1H3,(H,19,20)(H2,16,17,18);1H. The average Bonchev–Trinajstić information content (AvgIpc) is 3.02. The Hall–Kier alpha value is -0.960. The van der Waals surface area contributed by atoms with Crippen molar-refractivity contribution in [1.82, 2.24) is 10.6 Å². The predicted molar refractivity (Wildman–Crippen MR) is 105 cm³/mol. The minimum absolute atomic E-state index is 0. The number of thioether (sulfide) groups is 1. The van der Waals surface area contributed by atoms with Crippen molar-refractivity contribution in [2.24, 2.45) is 4.99 Å². The number of hydrogen-bond acceptors (Lipinski definition) is 3. The van der Waals surface area contributed by atoms with Gasteiger partial charge in [-0.15, -0.1) is 24.0 Å². The van der Waals surface area contributed by atoms with E-state index in [4.69, 9.17) is 0 Å².